The number of carbonyl (C=O) groups excluding carboxylic acids is 1. The van der Waals surface area contributed by atoms with E-state index < -0.39 is 18.0 Å². The van der Waals surface area contributed by atoms with Gasteiger partial charge in [0.1, 0.15) is 11.6 Å². The molecule has 1 aliphatic carbocycles. The normalized spacial score (nSPS) is 23.9. The fourth-order valence-electron chi connectivity index (χ4n) is 4.89. The zero-order valence-electron chi connectivity index (χ0n) is 19.4. The average molecular weight is 492 g/mol. The van der Waals surface area contributed by atoms with Crippen molar-refractivity contribution >= 4 is 11.7 Å². The highest BCUT2D eigenvalue weighted by Crippen LogP contribution is 2.44. The van der Waals surface area contributed by atoms with E-state index in [0.717, 1.165) is 6.07 Å². The van der Waals surface area contributed by atoms with Crippen molar-refractivity contribution in [3.63, 3.8) is 0 Å². The Kier molecular flexibility index (Phi) is 6.41. The minimum absolute atomic E-state index is 0.00990. The molecule has 3 fully saturated rings. The molecule has 2 saturated heterocycles. The summed E-state index contributed by atoms with van der Waals surface area (Å²) in [7, 11) is 0. The van der Waals surface area contributed by atoms with Gasteiger partial charge in [-0.15, -0.1) is 0 Å². The van der Waals surface area contributed by atoms with Crippen LogP contribution in [0.2, 0.25) is 0 Å². The highest BCUT2D eigenvalue weighted by atomic mass is 19.4. The van der Waals surface area contributed by atoms with Crippen LogP contribution in [0, 0.1) is 25.7 Å². The molecule has 1 aromatic heterocycles. The molecular formula is C24H27F3N4O4. The first kappa shape index (κ1) is 24.0. The summed E-state index contributed by atoms with van der Waals surface area (Å²) >= 11 is 0. The second-order valence-corrected chi connectivity index (χ2v) is 9.13. The molecule has 1 amide bonds. The maximum atomic E-state index is 13.3. The zero-order chi connectivity index (χ0) is 24.7. The molecule has 2 aliphatic heterocycles. The third-order valence-electron chi connectivity index (χ3n) is 6.80. The number of aromatic nitrogens is 2. The largest absolute Gasteiger partial charge is 0.416 e. The van der Waals surface area contributed by atoms with Crippen LogP contribution >= 0.6 is 0 Å². The third-order valence-corrected chi connectivity index (χ3v) is 6.80. The standard InChI is InChI=1S/C24H27F3N4O4/c1-12-14(4-3-5-17(12)24(25,26)27)9-28-22-20(23-34-6-7-35-23)18(29-13(2)30-22)8-19(32)31-21-15-10-33-11-16(15)21/h3-5,15-16,21,23H,6-11H2,1-2H3,(H,31,32)(H,28,29,30)/t15-,16+,21?. The lowest BCUT2D eigenvalue weighted by Crippen LogP contribution is -2.32. The third kappa shape index (κ3) is 4.98. The molecule has 3 atom stereocenters. The van der Waals surface area contributed by atoms with Gasteiger partial charge in [-0.1, -0.05) is 12.1 Å². The molecule has 3 heterocycles. The van der Waals surface area contributed by atoms with Gasteiger partial charge in [0.15, 0.2) is 6.29 Å². The van der Waals surface area contributed by atoms with E-state index in [1.807, 2.05) is 0 Å². The lowest BCUT2D eigenvalue weighted by molar-refractivity contribution is -0.138. The predicted octanol–water partition coefficient (Wildman–Crippen LogP) is 3.07. The molecule has 3 aliphatic rings. The lowest BCUT2D eigenvalue weighted by atomic mass is 10.0. The molecule has 2 aromatic rings. The van der Waals surface area contributed by atoms with E-state index in [4.69, 9.17) is 14.2 Å². The highest BCUT2D eigenvalue weighted by molar-refractivity contribution is 5.79. The number of nitrogens with one attached hydrogen (secondary N) is 2. The molecule has 1 saturated carbocycles. The van der Waals surface area contributed by atoms with Crippen LogP contribution in [0.4, 0.5) is 19.0 Å². The van der Waals surface area contributed by atoms with E-state index in [-0.39, 0.29) is 30.5 Å². The summed E-state index contributed by atoms with van der Waals surface area (Å²) in [6, 6.07) is 4.22. The van der Waals surface area contributed by atoms with Crippen LogP contribution in [0.3, 0.4) is 0 Å². The van der Waals surface area contributed by atoms with Crippen molar-refractivity contribution in [3.05, 3.63) is 52.0 Å². The highest BCUT2D eigenvalue weighted by Gasteiger charge is 2.54. The van der Waals surface area contributed by atoms with Gasteiger partial charge in [-0.05, 0) is 31.0 Å². The van der Waals surface area contributed by atoms with Gasteiger partial charge in [0.25, 0.3) is 0 Å². The molecule has 5 rings (SSSR count). The second-order valence-electron chi connectivity index (χ2n) is 9.13. The maximum absolute atomic E-state index is 13.3. The van der Waals surface area contributed by atoms with Gasteiger partial charge in [-0.3, -0.25) is 4.79 Å². The minimum atomic E-state index is -4.44. The Labute approximate surface area is 200 Å². The summed E-state index contributed by atoms with van der Waals surface area (Å²) in [4.78, 5) is 21.8. The first-order valence-corrected chi connectivity index (χ1v) is 11.6. The summed E-state index contributed by atoms with van der Waals surface area (Å²) < 4.78 is 56.8. The number of fused-ring (bicyclic) bond motifs is 1. The second kappa shape index (κ2) is 9.36. The van der Waals surface area contributed by atoms with Crippen molar-refractivity contribution in [1.82, 2.24) is 15.3 Å². The molecule has 8 nitrogen and oxygen atoms in total. The Bertz CT molecular complexity index is 1110. The Balaban J connectivity index is 1.38. The molecule has 2 N–H and O–H groups in total. The summed E-state index contributed by atoms with van der Waals surface area (Å²) in [5.41, 5.74) is 0.911. The summed E-state index contributed by atoms with van der Waals surface area (Å²) in [5.74, 6) is 1.39. The molecule has 1 aromatic carbocycles. The Morgan fingerprint density at radius 3 is 2.51 bits per heavy atom. The van der Waals surface area contributed by atoms with Crippen molar-refractivity contribution in [2.24, 2.45) is 11.8 Å². The fraction of sp³-hybridized carbons (Fsp3) is 0.542. The number of aryl methyl sites for hydroxylation is 1. The number of halogens is 3. The van der Waals surface area contributed by atoms with Gasteiger partial charge in [-0.25, -0.2) is 9.97 Å². The molecule has 188 valence electrons. The summed E-state index contributed by atoms with van der Waals surface area (Å²) in [5, 5.41) is 6.20. The zero-order valence-corrected chi connectivity index (χ0v) is 19.4. The van der Waals surface area contributed by atoms with Gasteiger partial charge >= 0.3 is 6.18 Å². The molecular weight excluding hydrogens is 465 g/mol. The number of rotatable bonds is 7. The monoisotopic (exact) mass is 492 g/mol. The van der Waals surface area contributed by atoms with Gasteiger partial charge in [0, 0.05) is 24.4 Å². The van der Waals surface area contributed by atoms with Crippen molar-refractivity contribution in [3.8, 4) is 0 Å². The molecule has 0 spiro atoms. The number of benzene rings is 1. The van der Waals surface area contributed by atoms with Crippen LogP contribution in [0.5, 0.6) is 0 Å². The quantitative estimate of drug-likeness (QED) is 0.614. The Morgan fingerprint density at radius 2 is 1.83 bits per heavy atom. The van der Waals surface area contributed by atoms with E-state index in [1.54, 1.807) is 13.0 Å². The van der Waals surface area contributed by atoms with Gasteiger partial charge in [0.05, 0.1) is 49.7 Å². The van der Waals surface area contributed by atoms with Crippen LogP contribution in [-0.4, -0.2) is 48.3 Å². The predicted molar refractivity (Wildman–Crippen MR) is 118 cm³/mol. The van der Waals surface area contributed by atoms with Crippen LogP contribution in [0.25, 0.3) is 0 Å². The summed E-state index contributed by atoms with van der Waals surface area (Å²) in [6.45, 7) is 5.33. The van der Waals surface area contributed by atoms with E-state index in [2.05, 4.69) is 20.6 Å². The summed E-state index contributed by atoms with van der Waals surface area (Å²) in [6.07, 6.45) is -5.19. The maximum Gasteiger partial charge on any atom is 0.416 e. The number of hydrogen-bond donors (Lipinski definition) is 2. The van der Waals surface area contributed by atoms with Crippen LogP contribution in [-0.2, 0) is 38.1 Å². The first-order chi connectivity index (χ1) is 16.7. The number of alkyl halides is 3. The van der Waals surface area contributed by atoms with E-state index >= 15 is 0 Å². The van der Waals surface area contributed by atoms with E-state index in [1.165, 1.54) is 13.0 Å². The number of ether oxygens (including phenoxy) is 3. The number of amides is 1. The Morgan fingerprint density at radius 1 is 1.11 bits per heavy atom. The number of hydrogen-bond acceptors (Lipinski definition) is 7. The van der Waals surface area contributed by atoms with Crippen LogP contribution in [0.15, 0.2) is 18.2 Å². The topological polar surface area (TPSA) is 94.6 Å². The van der Waals surface area contributed by atoms with Crippen molar-refractivity contribution < 1.29 is 32.2 Å². The van der Waals surface area contributed by atoms with Crippen molar-refractivity contribution in [2.75, 3.05) is 31.7 Å². The minimum Gasteiger partial charge on any atom is -0.381 e. The average Bonchev–Trinajstić information content (AvgIpc) is 3.21. The molecule has 0 radical (unpaired) electrons. The van der Waals surface area contributed by atoms with Gasteiger partial charge < -0.3 is 24.8 Å². The number of carbonyl (C=O) groups is 1. The number of nitrogens with zero attached hydrogens (tertiary/aromatic N) is 2. The molecule has 35 heavy (non-hydrogen) atoms. The number of anilines is 1. The van der Waals surface area contributed by atoms with Gasteiger partial charge in [0.2, 0.25) is 5.91 Å². The molecule has 11 heteroatoms. The van der Waals surface area contributed by atoms with Crippen LogP contribution in [0.1, 0.15) is 40.1 Å². The fourth-order valence-corrected chi connectivity index (χ4v) is 4.89. The van der Waals surface area contributed by atoms with Crippen molar-refractivity contribution in [1.29, 1.82) is 0 Å². The Hall–Kier alpha value is -2.76. The first-order valence-electron chi connectivity index (χ1n) is 11.6. The van der Waals surface area contributed by atoms with Crippen LogP contribution < -0.4 is 10.6 Å². The van der Waals surface area contributed by atoms with E-state index in [0.29, 0.717) is 66.7 Å². The van der Waals surface area contributed by atoms with Crippen molar-refractivity contribution in [2.45, 2.75) is 45.3 Å². The smallest absolute Gasteiger partial charge is 0.381 e. The molecule has 0 bridgehead atoms. The van der Waals surface area contributed by atoms with E-state index in [9.17, 15) is 18.0 Å². The lowest BCUT2D eigenvalue weighted by Gasteiger charge is -2.20. The SMILES string of the molecule is Cc1nc(CC(=O)NC2[C@H]3COC[C@@H]23)c(C2OCCO2)c(NCc2cccc(C(F)(F)F)c2C)n1. The molecule has 1 unspecified atom stereocenters. The van der Waals surface area contributed by atoms with Gasteiger partial charge in [-0.2, -0.15) is 13.2 Å².